The van der Waals surface area contributed by atoms with Crippen molar-refractivity contribution >= 4 is 11.8 Å². The van der Waals surface area contributed by atoms with Gasteiger partial charge >= 0.3 is 0 Å². The van der Waals surface area contributed by atoms with E-state index in [9.17, 15) is 9.59 Å². The summed E-state index contributed by atoms with van der Waals surface area (Å²) in [5, 5.41) is 6.01. The van der Waals surface area contributed by atoms with E-state index in [4.69, 9.17) is 9.47 Å². The van der Waals surface area contributed by atoms with Gasteiger partial charge in [0.25, 0.3) is 0 Å². The van der Waals surface area contributed by atoms with Crippen LogP contribution in [-0.2, 0) is 16.1 Å². The molecule has 134 valence electrons. The molecule has 1 aliphatic heterocycles. The van der Waals surface area contributed by atoms with Crippen LogP contribution in [-0.4, -0.2) is 24.6 Å². The normalized spacial score (nSPS) is 20.8. The Labute approximate surface area is 147 Å². The van der Waals surface area contributed by atoms with Crippen LogP contribution in [0.15, 0.2) is 18.2 Å². The lowest BCUT2D eigenvalue weighted by molar-refractivity contribution is -0.137. The Morgan fingerprint density at radius 3 is 2.56 bits per heavy atom. The van der Waals surface area contributed by atoms with E-state index in [2.05, 4.69) is 10.6 Å². The number of fused-ring (bicyclic) bond motifs is 1. The lowest BCUT2D eigenvalue weighted by Gasteiger charge is -2.25. The minimum Gasteiger partial charge on any atom is -0.454 e. The van der Waals surface area contributed by atoms with Crippen molar-refractivity contribution in [3.63, 3.8) is 0 Å². The van der Waals surface area contributed by atoms with E-state index < -0.39 is 5.41 Å². The summed E-state index contributed by atoms with van der Waals surface area (Å²) in [5.74, 6) is 1.16. The number of carbonyl (C=O) groups is 2. The van der Waals surface area contributed by atoms with Gasteiger partial charge in [-0.1, -0.05) is 25.3 Å². The summed E-state index contributed by atoms with van der Waals surface area (Å²) in [5.41, 5.74) is 0.0782. The van der Waals surface area contributed by atoms with Gasteiger partial charge in [-0.3, -0.25) is 9.59 Å². The van der Waals surface area contributed by atoms with Gasteiger partial charge in [-0.05, 0) is 43.4 Å². The minimum absolute atomic E-state index is 0.0948. The molecule has 2 N–H and O–H groups in total. The number of benzene rings is 1. The van der Waals surface area contributed by atoms with Crippen LogP contribution in [0.25, 0.3) is 0 Å². The molecule has 3 aliphatic rings. The highest BCUT2D eigenvalue weighted by molar-refractivity contribution is 6.07. The number of hydrogen-bond donors (Lipinski definition) is 2. The Bertz CT molecular complexity index is 678. The standard InChI is InChI=1S/C19H24N2O4/c22-17(20-11-13-6-7-15-16(10-13)25-12-24-15)19(8-9-19)18(23)21-14-4-2-1-3-5-14/h6-7,10,14H,1-5,8-9,11-12H2,(H,20,22)(H,21,23). The predicted octanol–water partition coefficient (Wildman–Crippen LogP) is 2.26. The molecule has 2 amide bonds. The molecule has 0 unspecified atom stereocenters. The van der Waals surface area contributed by atoms with Crippen LogP contribution in [0.4, 0.5) is 0 Å². The molecule has 0 aromatic heterocycles. The van der Waals surface area contributed by atoms with Crippen LogP contribution in [0, 0.1) is 5.41 Å². The first-order valence-corrected chi connectivity index (χ1v) is 9.15. The molecule has 0 spiro atoms. The van der Waals surface area contributed by atoms with Gasteiger partial charge in [0, 0.05) is 12.6 Å². The number of carbonyl (C=O) groups excluding carboxylic acids is 2. The minimum atomic E-state index is -0.853. The number of ether oxygens (including phenoxy) is 2. The van der Waals surface area contributed by atoms with Gasteiger partial charge in [-0.2, -0.15) is 0 Å². The fraction of sp³-hybridized carbons (Fsp3) is 0.579. The Morgan fingerprint density at radius 2 is 1.80 bits per heavy atom. The third-order valence-corrected chi connectivity index (χ3v) is 5.45. The van der Waals surface area contributed by atoms with Crippen molar-refractivity contribution in [2.75, 3.05) is 6.79 Å². The number of rotatable bonds is 5. The van der Waals surface area contributed by atoms with Gasteiger partial charge in [0.2, 0.25) is 18.6 Å². The van der Waals surface area contributed by atoms with Gasteiger partial charge < -0.3 is 20.1 Å². The van der Waals surface area contributed by atoms with Gasteiger partial charge in [0.1, 0.15) is 5.41 Å². The molecule has 2 saturated carbocycles. The molecule has 0 atom stereocenters. The Balaban J connectivity index is 1.33. The highest BCUT2D eigenvalue weighted by Gasteiger charge is 2.56. The van der Waals surface area contributed by atoms with Crippen molar-refractivity contribution < 1.29 is 19.1 Å². The summed E-state index contributed by atoms with van der Waals surface area (Å²) in [6.45, 7) is 0.615. The summed E-state index contributed by atoms with van der Waals surface area (Å²) >= 11 is 0. The summed E-state index contributed by atoms with van der Waals surface area (Å²) < 4.78 is 10.6. The maximum atomic E-state index is 12.6. The highest BCUT2D eigenvalue weighted by Crippen LogP contribution is 2.46. The molecule has 6 heteroatoms. The van der Waals surface area contributed by atoms with Gasteiger partial charge in [0.05, 0.1) is 0 Å². The van der Waals surface area contributed by atoms with Crippen molar-refractivity contribution in [1.82, 2.24) is 10.6 Å². The zero-order valence-corrected chi connectivity index (χ0v) is 14.3. The van der Waals surface area contributed by atoms with E-state index in [0.717, 1.165) is 37.0 Å². The lowest BCUT2D eigenvalue weighted by atomic mass is 9.94. The molecule has 4 rings (SSSR count). The molecule has 2 aliphatic carbocycles. The molecular formula is C19H24N2O4. The van der Waals surface area contributed by atoms with E-state index in [1.54, 1.807) is 0 Å². The molecule has 1 aromatic rings. The lowest BCUT2D eigenvalue weighted by Crippen LogP contribution is -2.46. The molecule has 2 fully saturated rings. The molecule has 1 heterocycles. The van der Waals surface area contributed by atoms with Crippen molar-refractivity contribution in [2.45, 2.75) is 57.5 Å². The maximum Gasteiger partial charge on any atom is 0.235 e. The molecular weight excluding hydrogens is 320 g/mol. The largest absolute Gasteiger partial charge is 0.454 e. The van der Waals surface area contributed by atoms with E-state index in [-0.39, 0.29) is 24.6 Å². The van der Waals surface area contributed by atoms with Crippen molar-refractivity contribution in [1.29, 1.82) is 0 Å². The van der Waals surface area contributed by atoms with Gasteiger partial charge in [-0.15, -0.1) is 0 Å². The second-order valence-electron chi connectivity index (χ2n) is 7.26. The third-order valence-electron chi connectivity index (χ3n) is 5.45. The van der Waals surface area contributed by atoms with Crippen LogP contribution >= 0.6 is 0 Å². The number of hydrogen-bond acceptors (Lipinski definition) is 4. The number of amides is 2. The second-order valence-corrected chi connectivity index (χ2v) is 7.26. The zero-order valence-electron chi connectivity index (χ0n) is 14.3. The summed E-state index contributed by atoms with van der Waals surface area (Å²) in [6.07, 6.45) is 6.90. The monoisotopic (exact) mass is 344 g/mol. The van der Waals surface area contributed by atoms with Crippen LogP contribution in [0.1, 0.15) is 50.5 Å². The molecule has 6 nitrogen and oxygen atoms in total. The molecule has 1 aromatic carbocycles. The molecule has 0 radical (unpaired) electrons. The van der Waals surface area contributed by atoms with Crippen molar-refractivity contribution in [2.24, 2.45) is 5.41 Å². The Hall–Kier alpha value is -2.24. The van der Waals surface area contributed by atoms with E-state index in [1.165, 1.54) is 6.42 Å². The van der Waals surface area contributed by atoms with Crippen LogP contribution in [0.3, 0.4) is 0 Å². The maximum absolute atomic E-state index is 12.6. The summed E-state index contributed by atoms with van der Waals surface area (Å²) in [6, 6.07) is 5.84. The number of nitrogens with one attached hydrogen (secondary N) is 2. The SMILES string of the molecule is O=C(NCc1ccc2c(c1)OCO2)C1(C(=O)NC2CCCCC2)CC1. The van der Waals surface area contributed by atoms with Crippen LogP contribution in [0.5, 0.6) is 11.5 Å². The predicted molar refractivity (Wildman–Crippen MR) is 91.1 cm³/mol. The quantitative estimate of drug-likeness (QED) is 0.804. The van der Waals surface area contributed by atoms with Crippen LogP contribution < -0.4 is 20.1 Å². The first kappa shape index (κ1) is 16.2. The van der Waals surface area contributed by atoms with E-state index in [1.807, 2.05) is 18.2 Å². The fourth-order valence-electron chi connectivity index (χ4n) is 3.66. The first-order valence-electron chi connectivity index (χ1n) is 9.15. The Morgan fingerprint density at radius 1 is 1.04 bits per heavy atom. The van der Waals surface area contributed by atoms with Crippen molar-refractivity contribution in [3.05, 3.63) is 23.8 Å². The fourth-order valence-corrected chi connectivity index (χ4v) is 3.66. The molecule has 0 bridgehead atoms. The Kier molecular flexibility index (Phi) is 4.27. The van der Waals surface area contributed by atoms with E-state index in [0.29, 0.717) is 25.1 Å². The van der Waals surface area contributed by atoms with Gasteiger partial charge in [0.15, 0.2) is 11.5 Å². The summed E-state index contributed by atoms with van der Waals surface area (Å²) in [7, 11) is 0. The highest BCUT2D eigenvalue weighted by atomic mass is 16.7. The smallest absolute Gasteiger partial charge is 0.235 e. The average Bonchev–Trinajstić information content (AvgIpc) is 3.32. The summed E-state index contributed by atoms with van der Waals surface area (Å²) in [4.78, 5) is 25.2. The average molecular weight is 344 g/mol. The zero-order chi connectivity index (χ0) is 17.3. The molecule has 25 heavy (non-hydrogen) atoms. The van der Waals surface area contributed by atoms with Crippen molar-refractivity contribution in [3.8, 4) is 11.5 Å². The molecule has 0 saturated heterocycles. The first-order chi connectivity index (χ1) is 12.2. The third kappa shape index (κ3) is 3.30. The topological polar surface area (TPSA) is 76.7 Å². The van der Waals surface area contributed by atoms with Crippen LogP contribution in [0.2, 0.25) is 0 Å². The second kappa shape index (κ2) is 6.58. The van der Waals surface area contributed by atoms with E-state index >= 15 is 0 Å². The van der Waals surface area contributed by atoms with Gasteiger partial charge in [-0.25, -0.2) is 0 Å².